The molecule has 0 unspecified atom stereocenters. The molecule has 0 aromatic heterocycles. The SMILES string of the molecule is COCCNS(=O)(=O)Nc1ccc(C#CCCO)c(C)c1. The largest absolute Gasteiger partial charge is 0.395 e. The molecule has 3 N–H and O–H groups in total. The van der Waals surface area contributed by atoms with Crippen molar-refractivity contribution >= 4 is 15.9 Å². The van der Waals surface area contributed by atoms with Crippen LogP contribution in [0.4, 0.5) is 5.69 Å². The molecule has 0 saturated carbocycles. The van der Waals surface area contributed by atoms with Gasteiger partial charge in [-0.3, -0.25) is 4.72 Å². The van der Waals surface area contributed by atoms with Crippen molar-refractivity contribution in [1.29, 1.82) is 0 Å². The fourth-order valence-electron chi connectivity index (χ4n) is 1.55. The molecule has 1 aromatic rings. The van der Waals surface area contributed by atoms with Gasteiger partial charge in [0.2, 0.25) is 0 Å². The highest BCUT2D eigenvalue weighted by Crippen LogP contribution is 2.15. The number of methoxy groups -OCH3 is 1. The minimum atomic E-state index is -3.61. The molecule has 0 radical (unpaired) electrons. The lowest BCUT2D eigenvalue weighted by Gasteiger charge is -2.10. The number of anilines is 1. The Morgan fingerprint density at radius 2 is 2.14 bits per heavy atom. The summed E-state index contributed by atoms with van der Waals surface area (Å²) < 4.78 is 33.1. The second-order valence-electron chi connectivity index (χ2n) is 4.30. The standard InChI is InChI=1S/C14H20N2O4S/c1-12-11-14(7-6-13(12)5-3-4-9-17)16-21(18,19)15-8-10-20-2/h6-7,11,15-17H,4,8-10H2,1-2H3. The molecule has 0 heterocycles. The highest BCUT2D eigenvalue weighted by Gasteiger charge is 2.09. The van der Waals surface area contributed by atoms with E-state index in [4.69, 9.17) is 9.84 Å². The zero-order valence-electron chi connectivity index (χ0n) is 12.1. The monoisotopic (exact) mass is 312 g/mol. The molecule has 1 aromatic carbocycles. The number of aliphatic hydroxyl groups is 1. The molecule has 0 aliphatic carbocycles. The molecule has 7 heteroatoms. The van der Waals surface area contributed by atoms with E-state index in [2.05, 4.69) is 21.3 Å². The third kappa shape index (κ3) is 6.60. The van der Waals surface area contributed by atoms with Crippen LogP contribution < -0.4 is 9.44 Å². The summed E-state index contributed by atoms with van der Waals surface area (Å²) in [6.07, 6.45) is 0.414. The smallest absolute Gasteiger partial charge is 0.299 e. The molecule has 0 amide bonds. The molecule has 116 valence electrons. The van der Waals surface area contributed by atoms with Crippen LogP contribution >= 0.6 is 0 Å². The van der Waals surface area contributed by atoms with Crippen LogP contribution in [-0.4, -0.2) is 40.4 Å². The molecule has 0 spiro atoms. The van der Waals surface area contributed by atoms with E-state index in [9.17, 15) is 8.42 Å². The maximum absolute atomic E-state index is 11.7. The molecule has 0 bridgehead atoms. The number of nitrogens with one attached hydrogen (secondary N) is 2. The first-order valence-electron chi connectivity index (χ1n) is 6.45. The number of hydrogen-bond donors (Lipinski definition) is 3. The first-order chi connectivity index (χ1) is 9.98. The topological polar surface area (TPSA) is 87.7 Å². The summed E-state index contributed by atoms with van der Waals surface area (Å²) in [6, 6.07) is 5.09. The van der Waals surface area contributed by atoms with Gasteiger partial charge in [-0.05, 0) is 30.7 Å². The van der Waals surface area contributed by atoms with Crippen molar-refractivity contribution in [2.24, 2.45) is 0 Å². The van der Waals surface area contributed by atoms with E-state index >= 15 is 0 Å². The van der Waals surface area contributed by atoms with Crippen molar-refractivity contribution in [3.63, 3.8) is 0 Å². The first-order valence-corrected chi connectivity index (χ1v) is 7.93. The lowest BCUT2D eigenvalue weighted by molar-refractivity contribution is 0.204. The number of aryl methyl sites for hydroxylation is 1. The van der Waals surface area contributed by atoms with Crippen molar-refractivity contribution in [2.45, 2.75) is 13.3 Å². The molecule has 21 heavy (non-hydrogen) atoms. The zero-order chi connectivity index (χ0) is 15.7. The normalized spacial score (nSPS) is 10.8. The highest BCUT2D eigenvalue weighted by atomic mass is 32.2. The van der Waals surface area contributed by atoms with Crippen molar-refractivity contribution < 1.29 is 18.3 Å². The van der Waals surface area contributed by atoms with Gasteiger partial charge in [0.15, 0.2) is 0 Å². The first kappa shape index (κ1) is 17.5. The number of ether oxygens (including phenoxy) is 1. The number of aliphatic hydroxyl groups excluding tert-OH is 1. The third-order valence-corrected chi connectivity index (χ3v) is 3.63. The Balaban J connectivity index is 2.74. The molecule has 0 fully saturated rings. The fourth-order valence-corrected chi connectivity index (χ4v) is 2.41. The van der Waals surface area contributed by atoms with Crippen molar-refractivity contribution in [3.05, 3.63) is 29.3 Å². The Labute approximate surface area is 125 Å². The third-order valence-electron chi connectivity index (χ3n) is 2.54. The second kappa shape index (κ2) is 8.64. The minimum Gasteiger partial charge on any atom is -0.395 e. The van der Waals surface area contributed by atoms with E-state index in [0.29, 0.717) is 18.7 Å². The van der Waals surface area contributed by atoms with Crippen LogP contribution in [0.15, 0.2) is 18.2 Å². The summed E-state index contributed by atoms with van der Waals surface area (Å²) in [6.45, 7) is 2.38. The van der Waals surface area contributed by atoms with E-state index in [1.165, 1.54) is 7.11 Å². The van der Waals surface area contributed by atoms with Gasteiger partial charge in [-0.1, -0.05) is 11.8 Å². The summed E-state index contributed by atoms with van der Waals surface area (Å²) in [5.74, 6) is 5.76. The predicted molar refractivity (Wildman–Crippen MR) is 82.2 cm³/mol. The lowest BCUT2D eigenvalue weighted by atomic mass is 10.1. The maximum atomic E-state index is 11.7. The van der Waals surface area contributed by atoms with Crippen molar-refractivity contribution in [2.75, 3.05) is 31.6 Å². The van der Waals surface area contributed by atoms with E-state index in [-0.39, 0.29) is 13.2 Å². The van der Waals surface area contributed by atoms with Gasteiger partial charge in [-0.25, -0.2) is 0 Å². The Kier molecular flexibility index (Phi) is 7.19. The second-order valence-corrected chi connectivity index (χ2v) is 5.80. The summed E-state index contributed by atoms with van der Waals surface area (Å²) >= 11 is 0. The van der Waals surface area contributed by atoms with Crippen LogP contribution in [0, 0.1) is 18.8 Å². The summed E-state index contributed by atoms with van der Waals surface area (Å²) in [5, 5.41) is 8.68. The van der Waals surface area contributed by atoms with Gasteiger partial charge in [-0.15, -0.1) is 0 Å². The summed E-state index contributed by atoms with van der Waals surface area (Å²) in [7, 11) is -2.10. The van der Waals surface area contributed by atoms with Crippen LogP contribution in [0.1, 0.15) is 17.5 Å². The molecule has 0 aliphatic heterocycles. The van der Waals surface area contributed by atoms with Crippen LogP contribution in [0.25, 0.3) is 0 Å². The van der Waals surface area contributed by atoms with Gasteiger partial charge in [0.25, 0.3) is 10.2 Å². The minimum absolute atomic E-state index is 0.0249. The molecule has 1 rings (SSSR count). The Morgan fingerprint density at radius 3 is 2.76 bits per heavy atom. The lowest BCUT2D eigenvalue weighted by Crippen LogP contribution is -2.32. The average Bonchev–Trinajstić information content (AvgIpc) is 2.41. The summed E-state index contributed by atoms with van der Waals surface area (Å²) in [4.78, 5) is 0. The predicted octanol–water partition coefficient (Wildman–Crippen LogP) is 0.622. The maximum Gasteiger partial charge on any atom is 0.299 e. The van der Waals surface area contributed by atoms with Crippen LogP contribution in [0.5, 0.6) is 0 Å². The number of rotatable bonds is 7. The quantitative estimate of drug-likeness (QED) is 0.509. The average molecular weight is 312 g/mol. The Morgan fingerprint density at radius 1 is 1.38 bits per heavy atom. The van der Waals surface area contributed by atoms with Gasteiger partial charge in [0.1, 0.15) is 0 Å². The van der Waals surface area contributed by atoms with E-state index < -0.39 is 10.2 Å². The summed E-state index contributed by atoms with van der Waals surface area (Å²) in [5.41, 5.74) is 2.13. The Bertz CT molecular complexity index is 618. The number of hydrogen-bond acceptors (Lipinski definition) is 4. The zero-order valence-corrected chi connectivity index (χ0v) is 13.0. The molecular weight excluding hydrogens is 292 g/mol. The van der Waals surface area contributed by atoms with Gasteiger partial charge < -0.3 is 9.84 Å². The van der Waals surface area contributed by atoms with Crippen LogP contribution in [-0.2, 0) is 14.9 Å². The molecule has 0 saturated heterocycles. The van der Waals surface area contributed by atoms with Gasteiger partial charge in [0.05, 0.1) is 18.9 Å². The van der Waals surface area contributed by atoms with E-state index in [0.717, 1.165) is 11.1 Å². The van der Waals surface area contributed by atoms with Gasteiger partial charge in [-0.2, -0.15) is 13.1 Å². The van der Waals surface area contributed by atoms with Crippen LogP contribution in [0.3, 0.4) is 0 Å². The number of benzene rings is 1. The van der Waals surface area contributed by atoms with Gasteiger partial charge in [0, 0.05) is 25.6 Å². The molecular formula is C14H20N2O4S. The van der Waals surface area contributed by atoms with Crippen molar-refractivity contribution in [1.82, 2.24) is 4.72 Å². The van der Waals surface area contributed by atoms with Gasteiger partial charge >= 0.3 is 0 Å². The molecule has 6 nitrogen and oxygen atoms in total. The van der Waals surface area contributed by atoms with Crippen LogP contribution in [0.2, 0.25) is 0 Å². The van der Waals surface area contributed by atoms with E-state index in [1.807, 2.05) is 6.92 Å². The van der Waals surface area contributed by atoms with Crippen molar-refractivity contribution in [3.8, 4) is 11.8 Å². The Hall–Kier alpha value is -1.59. The van der Waals surface area contributed by atoms with E-state index in [1.54, 1.807) is 18.2 Å². The highest BCUT2D eigenvalue weighted by molar-refractivity contribution is 7.90. The molecule has 0 atom stereocenters. The molecule has 0 aliphatic rings. The fraction of sp³-hybridized carbons (Fsp3) is 0.429.